The lowest BCUT2D eigenvalue weighted by molar-refractivity contribution is 0.0729. The van der Waals surface area contributed by atoms with Gasteiger partial charge in [0.15, 0.2) is 11.5 Å². The average molecular weight is 361 g/mol. The molecule has 0 radical (unpaired) electrons. The van der Waals surface area contributed by atoms with E-state index < -0.39 is 0 Å². The smallest absolute Gasteiger partial charge is 0.263 e. The maximum atomic E-state index is 12.7. The molecule has 2 heterocycles. The zero-order valence-corrected chi connectivity index (χ0v) is 15.6. The van der Waals surface area contributed by atoms with Crippen molar-refractivity contribution in [3.05, 3.63) is 29.1 Å². The number of hydrogen-bond donors (Lipinski definition) is 0. The average Bonchev–Trinajstić information content (AvgIpc) is 3.16. The second-order valence-electron chi connectivity index (χ2n) is 5.90. The Bertz CT molecular complexity index is 750. The summed E-state index contributed by atoms with van der Waals surface area (Å²) in [5, 5.41) is 0. The Morgan fingerprint density at radius 2 is 1.64 bits per heavy atom. The third kappa shape index (κ3) is 3.44. The fourth-order valence-electron chi connectivity index (χ4n) is 3.15. The van der Waals surface area contributed by atoms with Crippen LogP contribution in [0.5, 0.6) is 17.2 Å². The minimum Gasteiger partial charge on any atom is -0.493 e. The van der Waals surface area contributed by atoms with Crippen molar-refractivity contribution in [2.24, 2.45) is 0 Å². The maximum Gasteiger partial charge on any atom is 0.263 e. The molecule has 1 aliphatic heterocycles. The molecule has 6 heteroatoms. The summed E-state index contributed by atoms with van der Waals surface area (Å²) in [4.78, 5) is 16.4. The minimum absolute atomic E-state index is 0.121. The van der Waals surface area contributed by atoms with Crippen LogP contribution in [0.2, 0.25) is 0 Å². The number of ether oxygens (including phenoxy) is 3. The van der Waals surface area contributed by atoms with Crippen molar-refractivity contribution in [3.63, 3.8) is 0 Å². The van der Waals surface area contributed by atoms with Gasteiger partial charge in [0.25, 0.3) is 5.91 Å². The maximum absolute atomic E-state index is 12.7. The van der Waals surface area contributed by atoms with Crippen LogP contribution in [0.3, 0.4) is 0 Å². The first-order chi connectivity index (χ1) is 12.2. The molecule has 2 aromatic rings. The number of piperidine rings is 1. The highest BCUT2D eigenvalue weighted by atomic mass is 32.1. The van der Waals surface area contributed by atoms with E-state index in [-0.39, 0.29) is 5.91 Å². The first-order valence-electron chi connectivity index (χ1n) is 8.38. The SMILES string of the molecule is COc1ccc(-c2ccc(C(=O)N3CCCCC3)s2)c(OC)c1OC. The van der Waals surface area contributed by atoms with Gasteiger partial charge in [0.1, 0.15) is 0 Å². The molecule has 1 amide bonds. The zero-order valence-electron chi connectivity index (χ0n) is 14.8. The van der Waals surface area contributed by atoms with Gasteiger partial charge in [-0.1, -0.05) is 0 Å². The quantitative estimate of drug-likeness (QED) is 0.805. The standard InChI is InChI=1S/C19H23NO4S/c1-22-14-8-7-13(17(23-2)18(14)24-3)15-9-10-16(25-15)19(21)20-11-5-4-6-12-20/h7-10H,4-6,11-12H2,1-3H3. The molecule has 3 rings (SSSR count). The van der Waals surface area contributed by atoms with E-state index in [1.54, 1.807) is 21.3 Å². The molecule has 0 saturated carbocycles. The third-order valence-corrected chi connectivity index (χ3v) is 5.54. The fourth-order valence-corrected chi connectivity index (χ4v) is 4.14. The molecule has 0 bridgehead atoms. The molecule has 0 spiro atoms. The number of benzene rings is 1. The van der Waals surface area contributed by atoms with Crippen LogP contribution in [-0.4, -0.2) is 45.2 Å². The predicted molar refractivity (Wildman–Crippen MR) is 99.2 cm³/mol. The highest BCUT2D eigenvalue weighted by Gasteiger charge is 2.22. The van der Waals surface area contributed by atoms with Crippen LogP contribution in [0.15, 0.2) is 24.3 Å². The Labute approximate surface area is 152 Å². The normalized spacial score (nSPS) is 14.3. The van der Waals surface area contributed by atoms with Crippen LogP contribution in [0, 0.1) is 0 Å². The summed E-state index contributed by atoms with van der Waals surface area (Å²) >= 11 is 1.48. The molecule has 0 atom stereocenters. The van der Waals surface area contributed by atoms with Gasteiger partial charge >= 0.3 is 0 Å². The topological polar surface area (TPSA) is 48.0 Å². The first-order valence-corrected chi connectivity index (χ1v) is 9.19. The van der Waals surface area contributed by atoms with Gasteiger partial charge in [-0.25, -0.2) is 0 Å². The predicted octanol–water partition coefficient (Wildman–Crippen LogP) is 4.07. The van der Waals surface area contributed by atoms with Crippen molar-refractivity contribution in [1.82, 2.24) is 4.90 Å². The summed E-state index contributed by atoms with van der Waals surface area (Å²) in [5.41, 5.74) is 0.892. The summed E-state index contributed by atoms with van der Waals surface area (Å²) in [6.07, 6.45) is 3.39. The number of likely N-dealkylation sites (tertiary alicyclic amines) is 1. The number of hydrogen-bond acceptors (Lipinski definition) is 5. The molecule has 5 nitrogen and oxygen atoms in total. The van der Waals surface area contributed by atoms with Gasteiger partial charge in [0.05, 0.1) is 26.2 Å². The molecular weight excluding hydrogens is 338 g/mol. The molecule has 1 aromatic heterocycles. The van der Waals surface area contributed by atoms with Gasteiger partial charge in [0.2, 0.25) is 5.75 Å². The molecule has 1 fully saturated rings. The number of thiophene rings is 1. The molecule has 1 aromatic carbocycles. The van der Waals surface area contributed by atoms with E-state index in [1.807, 2.05) is 29.2 Å². The van der Waals surface area contributed by atoms with E-state index in [0.717, 1.165) is 41.2 Å². The molecule has 0 unspecified atom stereocenters. The van der Waals surface area contributed by atoms with E-state index in [0.29, 0.717) is 17.2 Å². The third-order valence-electron chi connectivity index (χ3n) is 4.43. The largest absolute Gasteiger partial charge is 0.493 e. The van der Waals surface area contributed by atoms with E-state index in [4.69, 9.17) is 14.2 Å². The summed E-state index contributed by atoms with van der Waals surface area (Å²) < 4.78 is 16.3. The first kappa shape index (κ1) is 17.6. The van der Waals surface area contributed by atoms with Gasteiger partial charge in [-0.3, -0.25) is 4.79 Å². The van der Waals surface area contributed by atoms with Crippen LogP contribution >= 0.6 is 11.3 Å². The molecule has 1 aliphatic rings. The molecule has 1 saturated heterocycles. The molecule has 0 aliphatic carbocycles. The summed E-state index contributed by atoms with van der Waals surface area (Å²) in [6.45, 7) is 1.71. The van der Waals surface area contributed by atoms with Crippen LogP contribution in [-0.2, 0) is 0 Å². The van der Waals surface area contributed by atoms with Crippen LogP contribution < -0.4 is 14.2 Å². The van der Waals surface area contributed by atoms with Gasteiger partial charge in [-0.05, 0) is 43.5 Å². The van der Waals surface area contributed by atoms with Crippen LogP contribution in [0.1, 0.15) is 28.9 Å². The lowest BCUT2D eigenvalue weighted by atomic mass is 10.1. The number of amides is 1. The van der Waals surface area contributed by atoms with Crippen LogP contribution in [0.25, 0.3) is 10.4 Å². The lowest BCUT2D eigenvalue weighted by Crippen LogP contribution is -2.35. The number of nitrogens with zero attached hydrogens (tertiary/aromatic N) is 1. The van der Waals surface area contributed by atoms with Gasteiger partial charge < -0.3 is 19.1 Å². The van der Waals surface area contributed by atoms with E-state index in [1.165, 1.54) is 17.8 Å². The molecule has 134 valence electrons. The number of carbonyl (C=O) groups excluding carboxylic acids is 1. The van der Waals surface area contributed by atoms with Crippen LogP contribution in [0.4, 0.5) is 0 Å². The molecular formula is C19H23NO4S. The minimum atomic E-state index is 0.121. The van der Waals surface area contributed by atoms with Gasteiger partial charge in [-0.15, -0.1) is 11.3 Å². The highest BCUT2D eigenvalue weighted by molar-refractivity contribution is 7.17. The summed E-state index contributed by atoms with van der Waals surface area (Å²) in [6, 6.07) is 7.64. The second kappa shape index (κ2) is 7.78. The number of rotatable bonds is 5. The summed E-state index contributed by atoms with van der Waals surface area (Å²) in [7, 11) is 4.79. The number of methoxy groups -OCH3 is 3. The van der Waals surface area contributed by atoms with Crippen molar-refractivity contribution in [1.29, 1.82) is 0 Å². The molecule has 0 N–H and O–H groups in total. The Kier molecular flexibility index (Phi) is 5.48. The lowest BCUT2D eigenvalue weighted by Gasteiger charge is -2.26. The fraction of sp³-hybridized carbons (Fsp3) is 0.421. The number of carbonyl (C=O) groups is 1. The van der Waals surface area contributed by atoms with E-state index in [2.05, 4.69) is 0 Å². The zero-order chi connectivity index (χ0) is 17.8. The van der Waals surface area contributed by atoms with Gasteiger partial charge in [-0.2, -0.15) is 0 Å². The van der Waals surface area contributed by atoms with Gasteiger partial charge in [0, 0.05) is 23.5 Å². The Balaban J connectivity index is 1.93. The van der Waals surface area contributed by atoms with E-state index >= 15 is 0 Å². The highest BCUT2D eigenvalue weighted by Crippen LogP contribution is 2.45. The molecule has 25 heavy (non-hydrogen) atoms. The Hall–Kier alpha value is -2.21. The van der Waals surface area contributed by atoms with Crippen molar-refractivity contribution in [3.8, 4) is 27.7 Å². The Morgan fingerprint density at radius 3 is 2.28 bits per heavy atom. The van der Waals surface area contributed by atoms with Crippen molar-refractivity contribution in [2.75, 3.05) is 34.4 Å². The van der Waals surface area contributed by atoms with Crippen molar-refractivity contribution in [2.45, 2.75) is 19.3 Å². The van der Waals surface area contributed by atoms with Crippen molar-refractivity contribution >= 4 is 17.2 Å². The van der Waals surface area contributed by atoms with Crippen molar-refractivity contribution < 1.29 is 19.0 Å². The summed E-state index contributed by atoms with van der Waals surface area (Å²) in [5.74, 6) is 1.90. The monoisotopic (exact) mass is 361 g/mol. The Morgan fingerprint density at radius 1 is 0.920 bits per heavy atom. The van der Waals surface area contributed by atoms with E-state index in [9.17, 15) is 4.79 Å². The second-order valence-corrected chi connectivity index (χ2v) is 6.98.